The number of hydrogen-bond donors (Lipinski definition) is 2. The van der Waals surface area contributed by atoms with Gasteiger partial charge in [0.1, 0.15) is 5.75 Å². The number of rotatable bonds is 4. The van der Waals surface area contributed by atoms with Crippen LogP contribution in [0.1, 0.15) is 23.6 Å². The summed E-state index contributed by atoms with van der Waals surface area (Å²) in [6.45, 7) is 1.76. The number of aromatic hydroxyl groups is 1. The molecule has 0 bridgehead atoms. The summed E-state index contributed by atoms with van der Waals surface area (Å²) < 4.78 is 1.92. The average Bonchev–Trinajstić information content (AvgIpc) is 3.00. The molecule has 2 aromatic rings. The molecule has 94 valence electrons. The van der Waals surface area contributed by atoms with E-state index in [0.717, 1.165) is 31.5 Å². The third-order valence-electron chi connectivity index (χ3n) is 3.54. The molecule has 1 aliphatic rings. The lowest BCUT2D eigenvalue weighted by Crippen LogP contribution is -2.24. The first-order valence-corrected chi connectivity index (χ1v) is 6.36. The van der Waals surface area contributed by atoms with Gasteiger partial charge in [-0.3, -0.25) is 4.68 Å². The van der Waals surface area contributed by atoms with Crippen molar-refractivity contribution in [1.82, 2.24) is 15.1 Å². The molecule has 0 radical (unpaired) electrons. The first kappa shape index (κ1) is 11.3. The van der Waals surface area contributed by atoms with Gasteiger partial charge in [0.05, 0.1) is 6.54 Å². The molecule has 0 spiro atoms. The van der Waals surface area contributed by atoms with Crippen LogP contribution in [-0.4, -0.2) is 21.4 Å². The Balaban J connectivity index is 1.61. The van der Waals surface area contributed by atoms with Crippen LogP contribution in [0.2, 0.25) is 0 Å². The second-order valence-electron chi connectivity index (χ2n) is 4.66. The highest BCUT2D eigenvalue weighted by atomic mass is 16.3. The lowest BCUT2D eigenvalue weighted by molar-refractivity contribution is 0.469. The molecule has 3 rings (SSSR count). The van der Waals surface area contributed by atoms with Gasteiger partial charge in [0.25, 0.3) is 0 Å². The van der Waals surface area contributed by atoms with Crippen molar-refractivity contribution in [2.24, 2.45) is 0 Å². The van der Waals surface area contributed by atoms with Gasteiger partial charge in [-0.15, -0.1) is 0 Å². The molecule has 4 heteroatoms. The van der Waals surface area contributed by atoms with Gasteiger partial charge in [0.15, 0.2) is 0 Å². The summed E-state index contributed by atoms with van der Waals surface area (Å²) in [6.07, 6.45) is 5.78. The van der Waals surface area contributed by atoms with Crippen LogP contribution in [0.3, 0.4) is 0 Å². The minimum Gasteiger partial charge on any atom is -0.508 e. The van der Waals surface area contributed by atoms with E-state index in [1.165, 1.54) is 5.56 Å². The number of phenolic OH excluding ortho intramolecular Hbond substituents is 1. The van der Waals surface area contributed by atoms with Crippen molar-refractivity contribution in [2.45, 2.75) is 25.4 Å². The Kier molecular flexibility index (Phi) is 3.02. The van der Waals surface area contributed by atoms with Crippen LogP contribution in [0.5, 0.6) is 5.75 Å². The topological polar surface area (TPSA) is 50.1 Å². The maximum atomic E-state index is 9.78. The Labute approximate surface area is 106 Å². The second-order valence-corrected chi connectivity index (χ2v) is 4.66. The Morgan fingerprint density at radius 1 is 1.39 bits per heavy atom. The molecule has 1 aromatic carbocycles. The van der Waals surface area contributed by atoms with Gasteiger partial charge in [-0.1, -0.05) is 12.1 Å². The largest absolute Gasteiger partial charge is 0.508 e. The predicted molar refractivity (Wildman–Crippen MR) is 69.4 cm³/mol. The highest BCUT2D eigenvalue weighted by molar-refractivity contribution is 5.44. The number of benzene rings is 1. The van der Waals surface area contributed by atoms with Crippen LogP contribution < -0.4 is 5.32 Å². The lowest BCUT2D eigenvalue weighted by atomic mass is 10.1. The van der Waals surface area contributed by atoms with E-state index in [4.69, 9.17) is 0 Å². The molecule has 1 unspecified atom stereocenters. The number of nitrogens with one attached hydrogen (secondary N) is 1. The zero-order valence-electron chi connectivity index (χ0n) is 10.2. The Bertz CT molecular complexity index is 522. The van der Waals surface area contributed by atoms with E-state index >= 15 is 0 Å². The van der Waals surface area contributed by atoms with Gasteiger partial charge >= 0.3 is 0 Å². The maximum absolute atomic E-state index is 9.78. The van der Waals surface area contributed by atoms with Crippen molar-refractivity contribution >= 4 is 0 Å². The molecule has 4 nitrogen and oxygen atoms in total. The Hall–Kier alpha value is -1.81. The smallest absolute Gasteiger partial charge is 0.119 e. The minimum absolute atomic E-state index is 0.364. The van der Waals surface area contributed by atoms with Crippen LogP contribution in [-0.2, 0) is 13.0 Å². The van der Waals surface area contributed by atoms with Crippen LogP contribution in [0.15, 0.2) is 36.7 Å². The number of phenols is 1. The van der Waals surface area contributed by atoms with Crippen molar-refractivity contribution in [3.63, 3.8) is 0 Å². The summed E-state index contributed by atoms with van der Waals surface area (Å²) in [5.74, 6) is 0.434. The molecule has 0 amide bonds. The first-order valence-electron chi connectivity index (χ1n) is 6.36. The maximum Gasteiger partial charge on any atom is 0.119 e. The van der Waals surface area contributed by atoms with Gasteiger partial charge in [-0.2, -0.15) is 5.10 Å². The third kappa shape index (κ3) is 2.11. The molecule has 0 fully saturated rings. The van der Waals surface area contributed by atoms with Crippen molar-refractivity contribution in [3.8, 4) is 5.75 Å². The molecule has 0 aliphatic heterocycles. The second kappa shape index (κ2) is 4.82. The van der Waals surface area contributed by atoms with Crippen molar-refractivity contribution in [3.05, 3.63) is 47.8 Å². The van der Waals surface area contributed by atoms with E-state index in [1.807, 2.05) is 23.0 Å². The van der Waals surface area contributed by atoms with E-state index < -0.39 is 0 Å². The summed E-state index contributed by atoms with van der Waals surface area (Å²) >= 11 is 0. The molecule has 1 aliphatic carbocycles. The number of nitrogens with zero attached hydrogens (tertiary/aromatic N) is 2. The Morgan fingerprint density at radius 2 is 2.33 bits per heavy atom. The average molecular weight is 243 g/mol. The van der Waals surface area contributed by atoms with Gasteiger partial charge < -0.3 is 10.4 Å². The molecule has 1 atom stereocenters. The Morgan fingerprint density at radius 3 is 3.17 bits per heavy atom. The van der Waals surface area contributed by atoms with Crippen LogP contribution in [0, 0.1) is 0 Å². The van der Waals surface area contributed by atoms with Gasteiger partial charge in [-0.05, 0) is 36.1 Å². The fourth-order valence-corrected chi connectivity index (χ4v) is 2.63. The standard InChI is InChI=1S/C14H17N3O/c18-14-4-1-3-11-12(14)5-6-13(11)15-8-10-17-9-2-7-16-17/h1-4,7,9,13,15,18H,5-6,8,10H2. The minimum atomic E-state index is 0.364. The molecular weight excluding hydrogens is 226 g/mol. The van der Waals surface area contributed by atoms with E-state index in [0.29, 0.717) is 11.8 Å². The van der Waals surface area contributed by atoms with E-state index in [-0.39, 0.29) is 0 Å². The molecule has 0 saturated carbocycles. The quantitative estimate of drug-likeness (QED) is 0.862. The molecular formula is C14H17N3O. The van der Waals surface area contributed by atoms with Crippen LogP contribution in [0.4, 0.5) is 0 Å². The normalized spacial score (nSPS) is 17.9. The molecule has 1 aromatic heterocycles. The summed E-state index contributed by atoms with van der Waals surface area (Å²) in [5, 5.41) is 17.5. The first-order chi connectivity index (χ1) is 8.84. The molecule has 18 heavy (non-hydrogen) atoms. The highest BCUT2D eigenvalue weighted by Crippen LogP contribution is 2.35. The molecule has 2 N–H and O–H groups in total. The number of fused-ring (bicyclic) bond motifs is 1. The predicted octanol–water partition coefficient (Wildman–Crippen LogP) is 1.87. The summed E-state index contributed by atoms with van der Waals surface area (Å²) in [7, 11) is 0. The number of aromatic nitrogens is 2. The monoisotopic (exact) mass is 243 g/mol. The van der Waals surface area contributed by atoms with Crippen LogP contribution >= 0.6 is 0 Å². The van der Waals surface area contributed by atoms with Crippen molar-refractivity contribution in [2.75, 3.05) is 6.54 Å². The zero-order valence-corrected chi connectivity index (χ0v) is 10.2. The van der Waals surface area contributed by atoms with E-state index in [9.17, 15) is 5.11 Å². The van der Waals surface area contributed by atoms with Gasteiger partial charge in [-0.25, -0.2) is 0 Å². The fraction of sp³-hybridized carbons (Fsp3) is 0.357. The molecule has 0 saturated heterocycles. The zero-order chi connectivity index (χ0) is 12.4. The van der Waals surface area contributed by atoms with Crippen LogP contribution in [0.25, 0.3) is 0 Å². The van der Waals surface area contributed by atoms with Crippen molar-refractivity contribution < 1.29 is 5.11 Å². The summed E-state index contributed by atoms with van der Waals surface area (Å²) in [4.78, 5) is 0. The van der Waals surface area contributed by atoms with E-state index in [2.05, 4.69) is 16.5 Å². The number of hydrogen-bond acceptors (Lipinski definition) is 3. The fourth-order valence-electron chi connectivity index (χ4n) is 2.63. The molecule has 1 heterocycles. The lowest BCUT2D eigenvalue weighted by Gasteiger charge is -2.14. The summed E-state index contributed by atoms with van der Waals surface area (Å²) in [5.41, 5.74) is 2.35. The third-order valence-corrected chi connectivity index (χ3v) is 3.54. The van der Waals surface area contributed by atoms with Gasteiger partial charge in [0, 0.05) is 25.0 Å². The van der Waals surface area contributed by atoms with E-state index in [1.54, 1.807) is 12.3 Å². The highest BCUT2D eigenvalue weighted by Gasteiger charge is 2.23. The van der Waals surface area contributed by atoms with Gasteiger partial charge in [0.2, 0.25) is 0 Å². The van der Waals surface area contributed by atoms with Crippen molar-refractivity contribution in [1.29, 1.82) is 0 Å². The summed E-state index contributed by atoms with van der Waals surface area (Å²) in [6, 6.07) is 8.09. The SMILES string of the molecule is Oc1cccc2c1CCC2NCCn1cccn1.